The van der Waals surface area contributed by atoms with Gasteiger partial charge in [0.15, 0.2) is 6.61 Å². The van der Waals surface area contributed by atoms with E-state index in [1.54, 1.807) is 11.0 Å². The van der Waals surface area contributed by atoms with E-state index in [0.29, 0.717) is 31.1 Å². The summed E-state index contributed by atoms with van der Waals surface area (Å²) in [6.45, 7) is 1.66. The van der Waals surface area contributed by atoms with Gasteiger partial charge < -0.3 is 20.3 Å². The first-order valence-electron chi connectivity index (χ1n) is 10.2. The Morgan fingerprint density at radius 2 is 1.68 bits per heavy atom. The van der Waals surface area contributed by atoms with Crippen molar-refractivity contribution >= 4 is 35.2 Å². The van der Waals surface area contributed by atoms with Crippen molar-refractivity contribution in [2.24, 2.45) is 5.92 Å². The molecular formula is C23H27N3O4S. The van der Waals surface area contributed by atoms with Crippen LogP contribution >= 0.6 is 11.8 Å². The minimum Gasteiger partial charge on any atom is -0.484 e. The molecule has 0 spiro atoms. The van der Waals surface area contributed by atoms with Crippen LogP contribution in [0.1, 0.15) is 12.8 Å². The zero-order valence-corrected chi connectivity index (χ0v) is 18.3. The highest BCUT2D eigenvalue weighted by Crippen LogP contribution is 2.24. The molecule has 2 aromatic rings. The van der Waals surface area contributed by atoms with Crippen LogP contribution in [-0.2, 0) is 14.4 Å². The fourth-order valence-corrected chi connectivity index (χ4v) is 3.94. The molecule has 0 aromatic heterocycles. The van der Waals surface area contributed by atoms with E-state index in [4.69, 9.17) is 4.74 Å². The van der Waals surface area contributed by atoms with Crippen LogP contribution in [0.15, 0.2) is 59.5 Å². The number of carbonyl (C=O) groups is 3. The summed E-state index contributed by atoms with van der Waals surface area (Å²) in [5, 5.41) is 5.37. The predicted octanol–water partition coefficient (Wildman–Crippen LogP) is 2.78. The number of piperidine rings is 1. The molecule has 1 heterocycles. The minimum atomic E-state index is -0.674. The van der Waals surface area contributed by atoms with Crippen molar-refractivity contribution in [3.05, 3.63) is 54.6 Å². The largest absolute Gasteiger partial charge is 0.484 e. The molecule has 2 aromatic carbocycles. The third-order valence-corrected chi connectivity index (χ3v) is 5.98. The zero-order valence-electron chi connectivity index (χ0n) is 17.5. The summed E-state index contributed by atoms with van der Waals surface area (Å²) in [7, 11) is 0. The van der Waals surface area contributed by atoms with Crippen molar-refractivity contribution in [1.29, 1.82) is 0 Å². The predicted molar refractivity (Wildman–Crippen MR) is 121 cm³/mol. The molecule has 0 unspecified atom stereocenters. The Bertz CT molecular complexity index is 899. The second-order valence-electron chi connectivity index (χ2n) is 7.29. The Labute approximate surface area is 186 Å². The van der Waals surface area contributed by atoms with Crippen molar-refractivity contribution < 1.29 is 19.1 Å². The zero-order chi connectivity index (χ0) is 22.1. The highest BCUT2D eigenvalue weighted by Gasteiger charge is 2.24. The first-order valence-corrected chi connectivity index (χ1v) is 11.5. The molecule has 1 fully saturated rings. The first kappa shape index (κ1) is 22.7. The normalized spacial score (nSPS) is 14.0. The molecule has 3 rings (SSSR count). The van der Waals surface area contributed by atoms with Crippen molar-refractivity contribution in [2.75, 3.05) is 37.8 Å². The maximum Gasteiger partial charge on any atom is 0.313 e. The fourth-order valence-electron chi connectivity index (χ4n) is 3.38. The summed E-state index contributed by atoms with van der Waals surface area (Å²) in [6, 6.07) is 16.6. The standard InChI is InChI=1S/C23H27N3O4S/c1-31-20-10-6-5-9-19(20)25-23(29)22(28)24-15-17-11-13-26(14-12-17)21(27)16-30-18-7-3-2-4-8-18/h2-10,17H,11-16H2,1H3,(H,24,28)(H,25,29). The van der Waals surface area contributed by atoms with Gasteiger partial charge in [-0.2, -0.15) is 0 Å². The molecule has 7 nitrogen and oxygen atoms in total. The van der Waals surface area contributed by atoms with Gasteiger partial charge in [0.25, 0.3) is 5.91 Å². The Morgan fingerprint density at radius 1 is 1.00 bits per heavy atom. The number of likely N-dealkylation sites (tertiary alicyclic amines) is 1. The lowest BCUT2D eigenvalue weighted by atomic mass is 9.96. The van der Waals surface area contributed by atoms with Crippen molar-refractivity contribution in [3.63, 3.8) is 0 Å². The summed E-state index contributed by atoms with van der Waals surface area (Å²) in [5.74, 6) is -0.461. The molecule has 2 N–H and O–H groups in total. The van der Waals surface area contributed by atoms with Crippen LogP contribution < -0.4 is 15.4 Å². The Morgan fingerprint density at radius 3 is 2.39 bits per heavy atom. The van der Waals surface area contributed by atoms with E-state index in [1.165, 1.54) is 11.8 Å². The van der Waals surface area contributed by atoms with Gasteiger partial charge in [-0.25, -0.2) is 0 Å². The minimum absolute atomic E-state index is 0.0170. The Balaban J connectivity index is 1.37. The third-order valence-electron chi connectivity index (χ3n) is 5.19. The second-order valence-corrected chi connectivity index (χ2v) is 8.14. The molecule has 0 bridgehead atoms. The average Bonchev–Trinajstić information content (AvgIpc) is 2.82. The molecule has 31 heavy (non-hydrogen) atoms. The highest BCUT2D eigenvalue weighted by atomic mass is 32.2. The molecule has 1 aliphatic rings. The van der Waals surface area contributed by atoms with Crippen molar-refractivity contribution in [2.45, 2.75) is 17.7 Å². The van der Waals surface area contributed by atoms with E-state index in [2.05, 4.69) is 10.6 Å². The SMILES string of the molecule is CSc1ccccc1NC(=O)C(=O)NCC1CCN(C(=O)COc2ccccc2)CC1. The average molecular weight is 442 g/mol. The molecule has 0 radical (unpaired) electrons. The quantitative estimate of drug-likeness (QED) is 0.510. The number of thioether (sulfide) groups is 1. The summed E-state index contributed by atoms with van der Waals surface area (Å²) in [5.41, 5.74) is 0.625. The van der Waals surface area contributed by atoms with Gasteiger partial charge in [-0.15, -0.1) is 11.8 Å². The molecular weight excluding hydrogens is 414 g/mol. The van der Waals surface area contributed by atoms with Gasteiger partial charge in [-0.05, 0) is 49.3 Å². The lowest BCUT2D eigenvalue weighted by Gasteiger charge is -2.32. The van der Waals surface area contributed by atoms with Crippen molar-refractivity contribution in [3.8, 4) is 5.75 Å². The lowest BCUT2D eigenvalue weighted by Crippen LogP contribution is -2.44. The number of hydrogen-bond donors (Lipinski definition) is 2. The van der Waals surface area contributed by atoms with E-state index < -0.39 is 11.8 Å². The van der Waals surface area contributed by atoms with E-state index >= 15 is 0 Å². The van der Waals surface area contributed by atoms with Crippen molar-refractivity contribution in [1.82, 2.24) is 10.2 Å². The molecule has 8 heteroatoms. The summed E-state index contributed by atoms with van der Waals surface area (Å²) < 4.78 is 5.52. The third kappa shape index (κ3) is 6.75. The van der Waals surface area contributed by atoms with Crippen LogP contribution in [0.25, 0.3) is 0 Å². The number of anilines is 1. The van der Waals surface area contributed by atoms with E-state index in [-0.39, 0.29) is 18.4 Å². The number of nitrogens with one attached hydrogen (secondary N) is 2. The van der Waals surface area contributed by atoms with Gasteiger partial charge in [0.1, 0.15) is 5.75 Å². The topological polar surface area (TPSA) is 87.7 Å². The molecule has 3 amide bonds. The number of ether oxygens (including phenoxy) is 1. The molecule has 1 saturated heterocycles. The van der Waals surface area contributed by atoms with Gasteiger partial charge in [0.05, 0.1) is 5.69 Å². The van der Waals surface area contributed by atoms with Gasteiger partial charge in [-0.1, -0.05) is 30.3 Å². The summed E-state index contributed by atoms with van der Waals surface area (Å²) >= 11 is 1.50. The molecule has 1 aliphatic heterocycles. The van der Waals surface area contributed by atoms with Crippen LogP contribution in [0, 0.1) is 5.92 Å². The van der Waals surface area contributed by atoms with Gasteiger partial charge in [0.2, 0.25) is 0 Å². The van der Waals surface area contributed by atoms with Crippen LogP contribution in [0.3, 0.4) is 0 Å². The maximum atomic E-state index is 12.3. The fraction of sp³-hybridized carbons (Fsp3) is 0.348. The van der Waals surface area contributed by atoms with Gasteiger partial charge >= 0.3 is 11.8 Å². The molecule has 0 atom stereocenters. The Hall–Kier alpha value is -3.00. The number of rotatable bonds is 7. The lowest BCUT2D eigenvalue weighted by molar-refractivity contribution is -0.136. The van der Waals surface area contributed by atoms with Crippen LogP contribution in [-0.4, -0.2) is 55.1 Å². The summed E-state index contributed by atoms with van der Waals surface area (Å²) in [6.07, 6.45) is 3.46. The van der Waals surface area contributed by atoms with Crippen LogP contribution in [0.5, 0.6) is 5.75 Å². The number of nitrogens with zero attached hydrogens (tertiary/aromatic N) is 1. The van der Waals surface area contributed by atoms with E-state index in [0.717, 1.165) is 17.7 Å². The number of amides is 3. The first-order chi connectivity index (χ1) is 15.1. The maximum absolute atomic E-state index is 12.3. The molecule has 164 valence electrons. The number of benzene rings is 2. The van der Waals surface area contributed by atoms with E-state index in [9.17, 15) is 14.4 Å². The second kappa shape index (κ2) is 11.4. The van der Waals surface area contributed by atoms with Gasteiger partial charge in [-0.3, -0.25) is 14.4 Å². The highest BCUT2D eigenvalue weighted by molar-refractivity contribution is 7.98. The Kier molecular flexibility index (Phi) is 8.35. The number of hydrogen-bond acceptors (Lipinski definition) is 5. The molecule has 0 saturated carbocycles. The van der Waals surface area contributed by atoms with Crippen LogP contribution in [0.2, 0.25) is 0 Å². The molecule has 0 aliphatic carbocycles. The summed E-state index contributed by atoms with van der Waals surface area (Å²) in [4.78, 5) is 39.4. The van der Waals surface area contributed by atoms with Crippen LogP contribution in [0.4, 0.5) is 5.69 Å². The van der Waals surface area contributed by atoms with E-state index in [1.807, 2.05) is 54.8 Å². The van der Waals surface area contributed by atoms with Gasteiger partial charge in [0, 0.05) is 24.5 Å². The number of para-hydroxylation sites is 2. The number of carbonyl (C=O) groups excluding carboxylic acids is 3. The smallest absolute Gasteiger partial charge is 0.313 e. The monoisotopic (exact) mass is 441 g/mol.